The maximum absolute atomic E-state index is 12.7. The van der Waals surface area contributed by atoms with E-state index in [1.807, 2.05) is 11.7 Å². The lowest BCUT2D eigenvalue weighted by molar-refractivity contribution is 0.579. The molecule has 1 aromatic heterocycles. The van der Waals surface area contributed by atoms with Crippen molar-refractivity contribution in [3.8, 4) is 0 Å². The van der Waals surface area contributed by atoms with Gasteiger partial charge < -0.3 is 5.32 Å². The fourth-order valence-electron chi connectivity index (χ4n) is 1.41. The summed E-state index contributed by atoms with van der Waals surface area (Å²) in [5.41, 5.74) is 2.91. The van der Waals surface area contributed by atoms with Gasteiger partial charge in [0.15, 0.2) is 0 Å². The van der Waals surface area contributed by atoms with E-state index < -0.39 is 0 Å². The van der Waals surface area contributed by atoms with Gasteiger partial charge in [-0.3, -0.25) is 4.98 Å². The fraction of sp³-hybridized carbons (Fsp3) is 0.250. The van der Waals surface area contributed by atoms with Crippen LogP contribution >= 0.6 is 11.3 Å². The number of aromatic nitrogens is 1. The molecule has 1 aromatic carbocycles. The Labute approximate surface area is 98.2 Å². The smallest absolute Gasteiger partial charge is 0.123 e. The number of nitrogens with one attached hydrogen (secondary N) is 1. The lowest BCUT2D eigenvalue weighted by Gasteiger charge is -2.11. The van der Waals surface area contributed by atoms with Crippen LogP contribution in [0.15, 0.2) is 36.0 Å². The molecule has 4 heteroatoms. The van der Waals surface area contributed by atoms with E-state index in [0.717, 1.165) is 12.1 Å². The molecule has 0 saturated heterocycles. The van der Waals surface area contributed by atoms with Crippen molar-refractivity contribution in [2.24, 2.45) is 0 Å². The summed E-state index contributed by atoms with van der Waals surface area (Å²) >= 11 is 1.64. The summed E-state index contributed by atoms with van der Waals surface area (Å²) in [7, 11) is 0. The van der Waals surface area contributed by atoms with Gasteiger partial charge in [-0.15, -0.1) is 11.3 Å². The SMILES string of the molecule is CC(NCc1ccc(F)cc1)c1cncs1. The second-order valence-corrected chi connectivity index (χ2v) is 4.55. The van der Waals surface area contributed by atoms with Gasteiger partial charge in [0.2, 0.25) is 0 Å². The zero-order valence-corrected chi connectivity index (χ0v) is 9.80. The van der Waals surface area contributed by atoms with E-state index in [0.29, 0.717) is 0 Å². The van der Waals surface area contributed by atoms with E-state index in [2.05, 4.69) is 17.2 Å². The standard InChI is InChI=1S/C12H13FN2S/c1-9(12-7-14-8-16-12)15-6-10-2-4-11(13)5-3-10/h2-5,7-9,15H,6H2,1H3. The third-order valence-corrected chi connectivity index (χ3v) is 3.36. The van der Waals surface area contributed by atoms with Crippen molar-refractivity contribution in [2.45, 2.75) is 19.5 Å². The van der Waals surface area contributed by atoms with Crippen molar-refractivity contribution < 1.29 is 4.39 Å². The van der Waals surface area contributed by atoms with Crippen LogP contribution in [0.4, 0.5) is 4.39 Å². The average molecular weight is 236 g/mol. The molecule has 0 fully saturated rings. The lowest BCUT2D eigenvalue weighted by Crippen LogP contribution is -2.17. The van der Waals surface area contributed by atoms with Gasteiger partial charge in [-0.1, -0.05) is 12.1 Å². The van der Waals surface area contributed by atoms with Crippen molar-refractivity contribution in [3.05, 3.63) is 52.2 Å². The lowest BCUT2D eigenvalue weighted by atomic mass is 10.2. The minimum Gasteiger partial charge on any atom is -0.305 e. The van der Waals surface area contributed by atoms with Gasteiger partial charge in [0.1, 0.15) is 5.82 Å². The molecule has 0 bridgehead atoms. The van der Waals surface area contributed by atoms with Gasteiger partial charge in [-0.2, -0.15) is 0 Å². The van der Waals surface area contributed by atoms with Crippen LogP contribution in [0.5, 0.6) is 0 Å². The number of nitrogens with zero attached hydrogens (tertiary/aromatic N) is 1. The van der Waals surface area contributed by atoms with Crippen LogP contribution in [0.1, 0.15) is 23.4 Å². The molecule has 0 saturated carbocycles. The van der Waals surface area contributed by atoms with Crippen LogP contribution in [0.3, 0.4) is 0 Å². The van der Waals surface area contributed by atoms with E-state index in [9.17, 15) is 4.39 Å². The molecule has 1 heterocycles. The minimum atomic E-state index is -0.195. The Bertz CT molecular complexity index is 425. The third kappa shape index (κ3) is 2.87. The zero-order chi connectivity index (χ0) is 11.4. The van der Waals surface area contributed by atoms with E-state index in [-0.39, 0.29) is 11.9 Å². The summed E-state index contributed by atoms with van der Waals surface area (Å²) in [6.07, 6.45) is 1.87. The van der Waals surface area contributed by atoms with Crippen LogP contribution in [0.25, 0.3) is 0 Å². The Morgan fingerprint density at radius 1 is 1.38 bits per heavy atom. The normalized spacial score (nSPS) is 12.6. The molecule has 1 unspecified atom stereocenters. The van der Waals surface area contributed by atoms with Gasteiger partial charge in [-0.05, 0) is 24.6 Å². The minimum absolute atomic E-state index is 0.195. The summed E-state index contributed by atoms with van der Waals surface area (Å²) in [6, 6.07) is 6.82. The number of thiazole rings is 1. The Kier molecular flexibility index (Phi) is 3.64. The van der Waals surface area contributed by atoms with Crippen LogP contribution in [0.2, 0.25) is 0 Å². The predicted molar refractivity (Wildman–Crippen MR) is 63.8 cm³/mol. The second-order valence-electron chi connectivity index (χ2n) is 3.63. The number of hydrogen-bond donors (Lipinski definition) is 1. The first-order valence-electron chi connectivity index (χ1n) is 5.12. The summed E-state index contributed by atoms with van der Waals surface area (Å²) < 4.78 is 12.7. The number of hydrogen-bond acceptors (Lipinski definition) is 3. The van der Waals surface area contributed by atoms with E-state index in [1.54, 1.807) is 23.5 Å². The summed E-state index contributed by atoms with van der Waals surface area (Å²) in [6.45, 7) is 2.83. The van der Waals surface area contributed by atoms with Gasteiger partial charge in [0.05, 0.1) is 5.51 Å². The third-order valence-electron chi connectivity index (χ3n) is 2.40. The maximum atomic E-state index is 12.7. The van der Waals surface area contributed by atoms with E-state index in [4.69, 9.17) is 0 Å². The van der Waals surface area contributed by atoms with Crippen LogP contribution in [-0.4, -0.2) is 4.98 Å². The topological polar surface area (TPSA) is 24.9 Å². The Hall–Kier alpha value is -1.26. The van der Waals surface area contributed by atoms with Crippen molar-refractivity contribution in [2.75, 3.05) is 0 Å². The molecule has 1 atom stereocenters. The molecule has 0 aliphatic rings. The number of halogens is 1. The van der Waals surface area contributed by atoms with Gasteiger partial charge in [0.25, 0.3) is 0 Å². The molecular formula is C12H13FN2S. The second kappa shape index (κ2) is 5.18. The zero-order valence-electron chi connectivity index (χ0n) is 8.98. The quantitative estimate of drug-likeness (QED) is 0.882. The summed E-state index contributed by atoms with van der Waals surface area (Å²) in [4.78, 5) is 5.25. The highest BCUT2D eigenvalue weighted by molar-refractivity contribution is 7.09. The van der Waals surface area contributed by atoms with Crippen molar-refractivity contribution in [1.29, 1.82) is 0 Å². The Morgan fingerprint density at radius 3 is 2.75 bits per heavy atom. The highest BCUT2D eigenvalue weighted by Crippen LogP contribution is 2.16. The summed E-state index contributed by atoms with van der Waals surface area (Å²) in [5, 5.41) is 3.37. The predicted octanol–water partition coefficient (Wildman–Crippen LogP) is 3.13. The summed E-state index contributed by atoms with van der Waals surface area (Å²) in [5.74, 6) is -0.195. The fourth-order valence-corrected chi connectivity index (χ4v) is 2.07. The molecule has 0 amide bonds. The molecule has 0 aliphatic heterocycles. The first kappa shape index (κ1) is 11.2. The molecule has 0 aliphatic carbocycles. The highest BCUT2D eigenvalue weighted by atomic mass is 32.1. The molecule has 2 rings (SSSR count). The highest BCUT2D eigenvalue weighted by Gasteiger charge is 2.05. The largest absolute Gasteiger partial charge is 0.305 e. The molecule has 16 heavy (non-hydrogen) atoms. The molecule has 2 aromatic rings. The van der Waals surface area contributed by atoms with Crippen molar-refractivity contribution in [3.63, 3.8) is 0 Å². The molecule has 84 valence electrons. The van der Waals surface area contributed by atoms with Crippen molar-refractivity contribution in [1.82, 2.24) is 10.3 Å². The van der Waals surface area contributed by atoms with E-state index >= 15 is 0 Å². The van der Waals surface area contributed by atoms with Gasteiger partial charge in [-0.25, -0.2) is 4.39 Å². The average Bonchev–Trinajstić information content (AvgIpc) is 2.81. The van der Waals surface area contributed by atoms with E-state index in [1.165, 1.54) is 17.0 Å². The van der Waals surface area contributed by atoms with Gasteiger partial charge in [0, 0.05) is 23.7 Å². The molecule has 2 nitrogen and oxygen atoms in total. The molecule has 0 spiro atoms. The Morgan fingerprint density at radius 2 is 2.12 bits per heavy atom. The molecular weight excluding hydrogens is 223 g/mol. The van der Waals surface area contributed by atoms with Crippen molar-refractivity contribution >= 4 is 11.3 Å². The first-order chi connectivity index (χ1) is 7.75. The number of rotatable bonds is 4. The first-order valence-corrected chi connectivity index (χ1v) is 6.00. The molecule has 1 N–H and O–H groups in total. The molecule has 0 radical (unpaired) electrons. The monoisotopic (exact) mass is 236 g/mol. The number of benzene rings is 1. The van der Waals surface area contributed by atoms with Crippen LogP contribution in [-0.2, 0) is 6.54 Å². The Balaban J connectivity index is 1.90. The van der Waals surface area contributed by atoms with Crippen LogP contribution < -0.4 is 5.32 Å². The van der Waals surface area contributed by atoms with Crippen LogP contribution in [0, 0.1) is 5.82 Å². The maximum Gasteiger partial charge on any atom is 0.123 e. The van der Waals surface area contributed by atoms with Gasteiger partial charge >= 0.3 is 0 Å².